The summed E-state index contributed by atoms with van der Waals surface area (Å²) in [6.07, 6.45) is 6.15. The molecule has 1 aromatic rings. The van der Waals surface area contributed by atoms with Gasteiger partial charge in [-0.25, -0.2) is 13.1 Å². The molecule has 0 radical (unpaired) electrons. The minimum absolute atomic E-state index is 0.0118. The molecule has 0 spiro atoms. The second-order valence-electron chi connectivity index (χ2n) is 6.39. The number of hydrogen-bond acceptors (Lipinski definition) is 3. The Labute approximate surface area is 135 Å². The molecule has 4 nitrogen and oxygen atoms in total. The standard InChI is InChI=1S/C15H23BrN2O2S/c1-10(2)14-5-4-11(3)6-15(14)18-21(19,20)13-7-12(16)8-17-9-13/h7-11,14-15,18H,4-6H2,1-3H3. The summed E-state index contributed by atoms with van der Waals surface area (Å²) in [6.45, 7) is 6.53. The minimum Gasteiger partial charge on any atom is -0.262 e. The molecule has 1 aliphatic carbocycles. The van der Waals surface area contributed by atoms with E-state index in [9.17, 15) is 8.42 Å². The van der Waals surface area contributed by atoms with Crippen LogP contribution in [0.25, 0.3) is 0 Å². The average Bonchev–Trinajstić information content (AvgIpc) is 2.38. The molecule has 118 valence electrons. The van der Waals surface area contributed by atoms with E-state index in [1.165, 1.54) is 12.6 Å². The fourth-order valence-corrected chi connectivity index (χ4v) is 4.95. The Kier molecular flexibility index (Phi) is 5.43. The molecule has 21 heavy (non-hydrogen) atoms. The fourth-order valence-electron chi connectivity index (χ4n) is 3.14. The van der Waals surface area contributed by atoms with Crippen molar-refractivity contribution in [2.45, 2.75) is 51.0 Å². The first-order valence-electron chi connectivity index (χ1n) is 7.42. The molecule has 1 fully saturated rings. The highest BCUT2D eigenvalue weighted by Crippen LogP contribution is 2.34. The van der Waals surface area contributed by atoms with Gasteiger partial charge in [-0.15, -0.1) is 0 Å². The third-order valence-corrected chi connectivity index (χ3v) is 6.21. The summed E-state index contributed by atoms with van der Waals surface area (Å²) in [5.74, 6) is 1.44. The summed E-state index contributed by atoms with van der Waals surface area (Å²) in [4.78, 5) is 4.17. The van der Waals surface area contributed by atoms with Gasteiger partial charge < -0.3 is 0 Å². The predicted octanol–water partition coefficient (Wildman–Crippen LogP) is 3.58. The van der Waals surface area contributed by atoms with Gasteiger partial charge in [-0.1, -0.05) is 27.2 Å². The predicted molar refractivity (Wildman–Crippen MR) is 87.4 cm³/mol. The first-order chi connectivity index (χ1) is 9.79. The SMILES string of the molecule is CC1CCC(C(C)C)C(NS(=O)(=O)c2cncc(Br)c2)C1. The van der Waals surface area contributed by atoms with E-state index in [4.69, 9.17) is 0 Å². The van der Waals surface area contributed by atoms with Gasteiger partial charge in [0.1, 0.15) is 4.90 Å². The highest BCUT2D eigenvalue weighted by Gasteiger charge is 2.33. The van der Waals surface area contributed by atoms with Crippen LogP contribution < -0.4 is 4.72 Å². The van der Waals surface area contributed by atoms with Gasteiger partial charge in [-0.05, 0) is 52.6 Å². The van der Waals surface area contributed by atoms with E-state index in [0.29, 0.717) is 22.2 Å². The summed E-state index contributed by atoms with van der Waals surface area (Å²) >= 11 is 3.27. The fraction of sp³-hybridized carbons (Fsp3) is 0.667. The Morgan fingerprint density at radius 3 is 2.67 bits per heavy atom. The largest absolute Gasteiger partial charge is 0.262 e. The van der Waals surface area contributed by atoms with Crippen molar-refractivity contribution in [3.05, 3.63) is 22.9 Å². The Balaban J connectivity index is 2.21. The van der Waals surface area contributed by atoms with Crippen molar-refractivity contribution in [2.24, 2.45) is 17.8 Å². The second-order valence-corrected chi connectivity index (χ2v) is 9.02. The number of nitrogens with zero attached hydrogens (tertiary/aromatic N) is 1. The monoisotopic (exact) mass is 374 g/mol. The molecule has 0 aromatic carbocycles. The van der Waals surface area contributed by atoms with Crippen LogP contribution in [0, 0.1) is 17.8 Å². The lowest BCUT2D eigenvalue weighted by Gasteiger charge is -2.37. The van der Waals surface area contributed by atoms with Gasteiger partial charge >= 0.3 is 0 Å². The van der Waals surface area contributed by atoms with Gasteiger partial charge in [0.25, 0.3) is 0 Å². The van der Waals surface area contributed by atoms with Crippen molar-refractivity contribution >= 4 is 26.0 Å². The molecule has 1 N–H and O–H groups in total. The number of rotatable bonds is 4. The van der Waals surface area contributed by atoms with Gasteiger partial charge in [0, 0.05) is 22.9 Å². The highest BCUT2D eigenvalue weighted by atomic mass is 79.9. The molecule has 1 aliphatic rings. The molecule has 0 bridgehead atoms. The van der Waals surface area contributed by atoms with Crippen LogP contribution >= 0.6 is 15.9 Å². The molecular weight excluding hydrogens is 352 g/mol. The van der Waals surface area contributed by atoms with Crippen molar-refractivity contribution in [3.63, 3.8) is 0 Å². The van der Waals surface area contributed by atoms with Crippen molar-refractivity contribution in [2.75, 3.05) is 0 Å². The lowest BCUT2D eigenvalue weighted by atomic mass is 9.74. The summed E-state index contributed by atoms with van der Waals surface area (Å²) in [5.41, 5.74) is 0. The van der Waals surface area contributed by atoms with Crippen LogP contribution in [0.5, 0.6) is 0 Å². The van der Waals surface area contributed by atoms with Crippen molar-refractivity contribution in [1.29, 1.82) is 0 Å². The molecule has 2 rings (SSSR count). The van der Waals surface area contributed by atoms with Gasteiger partial charge in [-0.2, -0.15) is 0 Å². The van der Waals surface area contributed by atoms with E-state index >= 15 is 0 Å². The molecule has 3 atom stereocenters. The summed E-state index contributed by atoms with van der Waals surface area (Å²) in [7, 11) is -3.51. The topological polar surface area (TPSA) is 59.1 Å². The van der Waals surface area contributed by atoms with Crippen LogP contribution in [0.1, 0.15) is 40.0 Å². The van der Waals surface area contributed by atoms with Crippen LogP contribution in [0.15, 0.2) is 27.8 Å². The van der Waals surface area contributed by atoms with E-state index in [1.54, 1.807) is 12.3 Å². The molecule has 1 saturated carbocycles. The average molecular weight is 375 g/mol. The van der Waals surface area contributed by atoms with Crippen molar-refractivity contribution in [3.8, 4) is 0 Å². The Hall–Kier alpha value is -0.460. The Morgan fingerprint density at radius 1 is 1.33 bits per heavy atom. The van der Waals surface area contributed by atoms with Crippen LogP contribution in [-0.4, -0.2) is 19.4 Å². The number of hydrogen-bond donors (Lipinski definition) is 1. The Morgan fingerprint density at radius 2 is 2.05 bits per heavy atom. The maximum absolute atomic E-state index is 12.6. The maximum Gasteiger partial charge on any atom is 0.242 e. The number of nitrogens with one attached hydrogen (secondary N) is 1. The van der Waals surface area contributed by atoms with Gasteiger partial charge in [0.2, 0.25) is 10.0 Å². The van der Waals surface area contributed by atoms with E-state index in [0.717, 1.165) is 12.8 Å². The van der Waals surface area contributed by atoms with Crippen LogP contribution in [0.2, 0.25) is 0 Å². The second kappa shape index (κ2) is 6.75. The number of aromatic nitrogens is 1. The van der Waals surface area contributed by atoms with Crippen LogP contribution in [0.3, 0.4) is 0 Å². The van der Waals surface area contributed by atoms with Gasteiger partial charge in [0.15, 0.2) is 0 Å². The quantitative estimate of drug-likeness (QED) is 0.875. The van der Waals surface area contributed by atoms with E-state index in [2.05, 4.69) is 46.4 Å². The summed E-state index contributed by atoms with van der Waals surface area (Å²) in [6, 6.07) is 1.60. The van der Waals surface area contributed by atoms with Crippen LogP contribution in [0.4, 0.5) is 0 Å². The maximum atomic E-state index is 12.6. The van der Waals surface area contributed by atoms with Crippen molar-refractivity contribution < 1.29 is 8.42 Å². The minimum atomic E-state index is -3.51. The lowest BCUT2D eigenvalue weighted by Crippen LogP contribution is -2.45. The zero-order valence-electron chi connectivity index (χ0n) is 12.7. The zero-order chi connectivity index (χ0) is 15.6. The molecule has 1 heterocycles. The van der Waals surface area contributed by atoms with Crippen molar-refractivity contribution in [1.82, 2.24) is 9.71 Å². The number of halogens is 1. The van der Waals surface area contributed by atoms with E-state index in [1.807, 2.05) is 0 Å². The molecule has 3 unspecified atom stereocenters. The lowest BCUT2D eigenvalue weighted by molar-refractivity contribution is 0.188. The molecule has 6 heteroatoms. The molecule has 0 saturated heterocycles. The number of sulfonamides is 1. The zero-order valence-corrected chi connectivity index (χ0v) is 15.1. The van der Waals surface area contributed by atoms with E-state index in [-0.39, 0.29) is 10.9 Å². The third-order valence-electron chi connectivity index (χ3n) is 4.32. The van der Waals surface area contributed by atoms with Gasteiger partial charge in [0.05, 0.1) is 0 Å². The Bertz CT molecular complexity index is 589. The third kappa shape index (κ3) is 4.27. The molecule has 0 aliphatic heterocycles. The first-order valence-corrected chi connectivity index (χ1v) is 9.70. The highest BCUT2D eigenvalue weighted by molar-refractivity contribution is 9.10. The number of pyridine rings is 1. The normalized spacial score (nSPS) is 27.0. The smallest absolute Gasteiger partial charge is 0.242 e. The summed E-state index contributed by atoms with van der Waals surface area (Å²) in [5, 5.41) is 0. The molecule has 0 amide bonds. The first kappa shape index (κ1) is 16.9. The summed E-state index contributed by atoms with van der Waals surface area (Å²) < 4.78 is 28.7. The van der Waals surface area contributed by atoms with E-state index < -0.39 is 10.0 Å². The van der Waals surface area contributed by atoms with Crippen LogP contribution in [-0.2, 0) is 10.0 Å². The van der Waals surface area contributed by atoms with Gasteiger partial charge in [-0.3, -0.25) is 4.98 Å². The molecular formula is C15H23BrN2O2S. The molecule has 1 aromatic heterocycles.